The normalized spacial score (nSPS) is 14.4. The molecule has 0 saturated carbocycles. The van der Waals surface area contributed by atoms with Crippen molar-refractivity contribution in [1.82, 2.24) is 9.55 Å². The van der Waals surface area contributed by atoms with Crippen molar-refractivity contribution in [2.24, 2.45) is 0 Å². The van der Waals surface area contributed by atoms with Gasteiger partial charge in [0.25, 0.3) is 0 Å². The van der Waals surface area contributed by atoms with Crippen LogP contribution >= 0.6 is 0 Å². The Morgan fingerprint density at radius 1 is 1.13 bits per heavy atom. The molecule has 23 heavy (non-hydrogen) atoms. The fourth-order valence-electron chi connectivity index (χ4n) is 3.44. The summed E-state index contributed by atoms with van der Waals surface area (Å²) in [4.78, 5) is 3.64. The number of aromatic nitrogens is 2. The van der Waals surface area contributed by atoms with Crippen molar-refractivity contribution < 1.29 is 4.74 Å². The molecule has 1 aliphatic heterocycles. The van der Waals surface area contributed by atoms with Gasteiger partial charge in [0.2, 0.25) is 5.88 Å². The molecule has 3 nitrogen and oxygen atoms in total. The molecule has 0 aliphatic carbocycles. The van der Waals surface area contributed by atoms with Crippen molar-refractivity contribution >= 4 is 10.9 Å². The van der Waals surface area contributed by atoms with Crippen LogP contribution in [0.5, 0.6) is 5.88 Å². The zero-order chi connectivity index (χ0) is 16.2. The lowest BCUT2D eigenvalue weighted by Gasteiger charge is -2.22. The van der Waals surface area contributed by atoms with Crippen LogP contribution in [0.15, 0.2) is 30.3 Å². The summed E-state index contributed by atoms with van der Waals surface area (Å²) in [5.74, 6) is 1.02. The van der Waals surface area contributed by atoms with E-state index in [0.29, 0.717) is 0 Å². The quantitative estimate of drug-likeness (QED) is 0.704. The van der Waals surface area contributed by atoms with Gasteiger partial charge < -0.3 is 14.3 Å². The van der Waals surface area contributed by atoms with Crippen LogP contribution in [0.1, 0.15) is 38.4 Å². The topological polar surface area (TPSA) is 29.9 Å². The van der Waals surface area contributed by atoms with Gasteiger partial charge in [-0.15, -0.1) is 0 Å². The number of hydrogen-bond acceptors (Lipinski definition) is 1. The van der Waals surface area contributed by atoms with Crippen LogP contribution in [0, 0.1) is 6.92 Å². The van der Waals surface area contributed by atoms with E-state index in [0.717, 1.165) is 18.8 Å². The average Bonchev–Trinajstić information content (AvgIpc) is 3.14. The number of fused-ring (bicyclic) bond motifs is 3. The first-order chi connectivity index (χ1) is 10.9. The van der Waals surface area contributed by atoms with Crippen molar-refractivity contribution in [1.29, 1.82) is 0 Å². The average molecular weight is 308 g/mol. The first kappa shape index (κ1) is 14.4. The lowest BCUT2D eigenvalue weighted by Crippen LogP contribution is -2.24. The monoisotopic (exact) mass is 308 g/mol. The minimum Gasteiger partial charge on any atom is -0.473 e. The Bertz CT molecular complexity index is 860. The van der Waals surface area contributed by atoms with Crippen molar-refractivity contribution in [3.63, 3.8) is 0 Å². The summed E-state index contributed by atoms with van der Waals surface area (Å²) >= 11 is 0. The highest BCUT2D eigenvalue weighted by atomic mass is 16.5. The van der Waals surface area contributed by atoms with Gasteiger partial charge in [-0.2, -0.15) is 0 Å². The molecule has 120 valence electrons. The van der Waals surface area contributed by atoms with Crippen molar-refractivity contribution in [3.8, 4) is 17.1 Å². The fraction of sp³-hybridized carbons (Fsp3) is 0.400. The number of aromatic amines is 1. The molecule has 0 spiro atoms. The van der Waals surface area contributed by atoms with E-state index in [1.165, 1.54) is 39.8 Å². The van der Waals surface area contributed by atoms with Crippen LogP contribution in [0.3, 0.4) is 0 Å². The molecule has 1 aliphatic rings. The minimum absolute atomic E-state index is 0.189. The number of nitrogens with zero attached hydrogens (tertiary/aromatic N) is 1. The van der Waals surface area contributed by atoms with Gasteiger partial charge in [-0.05, 0) is 52.2 Å². The summed E-state index contributed by atoms with van der Waals surface area (Å²) in [5, 5.41) is 1.21. The highest BCUT2D eigenvalue weighted by Gasteiger charge is 2.27. The van der Waals surface area contributed by atoms with E-state index in [1.54, 1.807) is 0 Å². The van der Waals surface area contributed by atoms with Gasteiger partial charge in [0.05, 0.1) is 10.9 Å². The van der Waals surface area contributed by atoms with Gasteiger partial charge in [0.1, 0.15) is 5.60 Å². The first-order valence-corrected chi connectivity index (χ1v) is 8.42. The lowest BCUT2D eigenvalue weighted by molar-refractivity contribution is 0.120. The van der Waals surface area contributed by atoms with Crippen molar-refractivity contribution in [3.05, 3.63) is 41.6 Å². The Balaban J connectivity index is 1.87. The third kappa shape index (κ3) is 2.44. The third-order valence-electron chi connectivity index (χ3n) is 4.47. The second-order valence-corrected chi connectivity index (χ2v) is 7.56. The van der Waals surface area contributed by atoms with Crippen LogP contribution in [0.25, 0.3) is 22.2 Å². The lowest BCUT2D eigenvalue weighted by atomic mass is 10.1. The molecular weight excluding hydrogens is 284 g/mol. The number of aryl methyl sites for hydroxylation is 2. The number of benzene rings is 1. The Morgan fingerprint density at radius 3 is 2.57 bits per heavy atom. The Hall–Kier alpha value is -2.16. The number of ether oxygens (including phenoxy) is 1. The van der Waals surface area contributed by atoms with Crippen LogP contribution in [-0.2, 0) is 13.0 Å². The summed E-state index contributed by atoms with van der Waals surface area (Å²) < 4.78 is 8.66. The summed E-state index contributed by atoms with van der Waals surface area (Å²) in [5.41, 5.74) is 6.13. The smallest absolute Gasteiger partial charge is 0.203 e. The van der Waals surface area contributed by atoms with Gasteiger partial charge in [0, 0.05) is 17.9 Å². The summed E-state index contributed by atoms with van der Waals surface area (Å²) in [6.45, 7) is 9.51. The SMILES string of the molecule is Cc1ccc(-c2cc3c(OC(C)(C)C)n4c(c3[nH]2)CCC4)cc1. The van der Waals surface area contributed by atoms with E-state index in [2.05, 4.69) is 67.6 Å². The summed E-state index contributed by atoms with van der Waals surface area (Å²) in [6, 6.07) is 10.9. The Kier molecular flexibility index (Phi) is 3.09. The number of nitrogens with one attached hydrogen (secondary N) is 1. The maximum atomic E-state index is 6.31. The van der Waals surface area contributed by atoms with E-state index in [9.17, 15) is 0 Å². The van der Waals surface area contributed by atoms with Crippen molar-refractivity contribution in [2.75, 3.05) is 0 Å². The van der Waals surface area contributed by atoms with Crippen molar-refractivity contribution in [2.45, 2.75) is 52.7 Å². The second-order valence-electron chi connectivity index (χ2n) is 7.56. The van der Waals surface area contributed by atoms with Gasteiger partial charge in [-0.1, -0.05) is 29.8 Å². The van der Waals surface area contributed by atoms with E-state index in [-0.39, 0.29) is 5.60 Å². The number of hydrogen-bond donors (Lipinski definition) is 1. The molecule has 0 amide bonds. The van der Waals surface area contributed by atoms with Crippen LogP contribution in [0.2, 0.25) is 0 Å². The molecule has 4 rings (SSSR count). The third-order valence-corrected chi connectivity index (χ3v) is 4.47. The molecule has 1 aromatic carbocycles. The standard InChI is InChI=1S/C20H24N2O/c1-13-7-9-14(10-8-13)16-12-15-18(21-16)17-6-5-11-22(17)19(15)23-20(2,3)4/h7-10,12,21H,5-6,11H2,1-4H3. The molecule has 0 saturated heterocycles. The van der Waals surface area contributed by atoms with E-state index >= 15 is 0 Å². The van der Waals surface area contributed by atoms with E-state index < -0.39 is 0 Å². The molecule has 2 aromatic heterocycles. The Labute approximate surface area is 137 Å². The second kappa shape index (κ2) is 4.92. The highest BCUT2D eigenvalue weighted by molar-refractivity contribution is 5.93. The van der Waals surface area contributed by atoms with Crippen LogP contribution in [0.4, 0.5) is 0 Å². The maximum absolute atomic E-state index is 6.31. The largest absolute Gasteiger partial charge is 0.473 e. The molecule has 3 aromatic rings. The zero-order valence-corrected chi connectivity index (χ0v) is 14.4. The van der Waals surface area contributed by atoms with Gasteiger partial charge in [0.15, 0.2) is 0 Å². The number of H-pyrrole nitrogens is 1. The van der Waals surface area contributed by atoms with E-state index in [1.807, 2.05) is 0 Å². The predicted octanol–water partition coefficient (Wildman–Crippen LogP) is 5.07. The van der Waals surface area contributed by atoms with E-state index in [4.69, 9.17) is 4.74 Å². The highest BCUT2D eigenvalue weighted by Crippen LogP contribution is 2.40. The predicted molar refractivity (Wildman–Crippen MR) is 95.2 cm³/mol. The number of rotatable bonds is 2. The fourth-order valence-corrected chi connectivity index (χ4v) is 3.44. The molecule has 0 fully saturated rings. The molecule has 3 heterocycles. The molecule has 0 radical (unpaired) electrons. The Morgan fingerprint density at radius 2 is 1.87 bits per heavy atom. The molecule has 1 N–H and O–H groups in total. The van der Waals surface area contributed by atoms with Gasteiger partial charge in [-0.25, -0.2) is 0 Å². The van der Waals surface area contributed by atoms with Crippen LogP contribution < -0.4 is 4.74 Å². The summed E-state index contributed by atoms with van der Waals surface area (Å²) in [7, 11) is 0. The van der Waals surface area contributed by atoms with Gasteiger partial charge in [-0.3, -0.25) is 0 Å². The maximum Gasteiger partial charge on any atom is 0.203 e. The molecule has 3 heteroatoms. The van der Waals surface area contributed by atoms with Crippen LogP contribution in [-0.4, -0.2) is 15.2 Å². The molecular formula is C20H24N2O. The molecule has 0 unspecified atom stereocenters. The minimum atomic E-state index is -0.189. The van der Waals surface area contributed by atoms with Gasteiger partial charge >= 0.3 is 0 Å². The zero-order valence-electron chi connectivity index (χ0n) is 14.4. The molecule has 0 atom stereocenters. The molecule has 0 bridgehead atoms. The summed E-state index contributed by atoms with van der Waals surface area (Å²) in [6.07, 6.45) is 2.32. The first-order valence-electron chi connectivity index (χ1n) is 8.42.